The van der Waals surface area contributed by atoms with Crippen molar-refractivity contribution in [3.05, 3.63) is 120 Å². The maximum absolute atomic E-state index is 10.9. The number of hydrogen-bond donors (Lipinski definition) is 3. The fourth-order valence-electron chi connectivity index (χ4n) is 5.43. The van der Waals surface area contributed by atoms with Gasteiger partial charge in [0.05, 0.1) is 18.7 Å². The van der Waals surface area contributed by atoms with Crippen LogP contribution in [0.5, 0.6) is 0 Å². The molecular formula is C33H35N5O4S. The summed E-state index contributed by atoms with van der Waals surface area (Å²) in [5, 5.41) is 25.0. The largest absolute Gasteiger partial charge is 0.387 e. The van der Waals surface area contributed by atoms with Crippen molar-refractivity contribution < 1.29 is 19.7 Å². The van der Waals surface area contributed by atoms with E-state index in [0.717, 1.165) is 5.75 Å². The summed E-state index contributed by atoms with van der Waals surface area (Å²) < 4.78 is 12.9. The number of aromatic nitrogens is 4. The van der Waals surface area contributed by atoms with Crippen molar-refractivity contribution in [2.75, 3.05) is 25.6 Å². The van der Waals surface area contributed by atoms with Gasteiger partial charge in [0.2, 0.25) is 0 Å². The Morgan fingerprint density at radius 2 is 1.53 bits per heavy atom. The topological polar surface area (TPSA) is 115 Å². The quantitative estimate of drug-likeness (QED) is 0.187. The van der Waals surface area contributed by atoms with Gasteiger partial charge < -0.3 is 25.0 Å². The molecule has 9 nitrogen and oxygen atoms in total. The molecule has 3 heterocycles. The molecule has 5 aromatic rings. The summed E-state index contributed by atoms with van der Waals surface area (Å²) in [5.74, 6) is 2.72. The summed E-state index contributed by atoms with van der Waals surface area (Å²) >= 11 is 1.72. The summed E-state index contributed by atoms with van der Waals surface area (Å²) in [6.45, 7) is 0.742. The van der Waals surface area contributed by atoms with Crippen molar-refractivity contribution in [2.45, 2.75) is 42.0 Å². The Labute approximate surface area is 254 Å². The second-order valence-electron chi connectivity index (χ2n) is 10.5. The average Bonchev–Trinajstić information content (AvgIpc) is 3.59. The molecule has 1 saturated heterocycles. The predicted octanol–water partition coefficient (Wildman–Crippen LogP) is 4.77. The van der Waals surface area contributed by atoms with Gasteiger partial charge in [-0.1, -0.05) is 91.0 Å². The van der Waals surface area contributed by atoms with Crippen LogP contribution in [-0.2, 0) is 21.0 Å². The normalized spacial score (nSPS) is 20.2. The van der Waals surface area contributed by atoms with E-state index in [1.165, 1.54) is 23.8 Å². The molecule has 0 saturated carbocycles. The van der Waals surface area contributed by atoms with E-state index >= 15 is 0 Å². The molecular weight excluding hydrogens is 562 g/mol. The Morgan fingerprint density at radius 3 is 2.19 bits per heavy atom. The lowest BCUT2D eigenvalue weighted by atomic mass is 9.91. The minimum atomic E-state index is -1.17. The minimum absolute atomic E-state index is 0.0790. The Bertz CT molecular complexity index is 1570. The van der Waals surface area contributed by atoms with Gasteiger partial charge in [-0.3, -0.25) is 4.57 Å². The third-order valence-corrected chi connectivity index (χ3v) is 8.63. The van der Waals surface area contributed by atoms with E-state index in [1.54, 1.807) is 22.7 Å². The van der Waals surface area contributed by atoms with Crippen molar-refractivity contribution in [2.24, 2.45) is 0 Å². The third-order valence-electron chi connectivity index (χ3n) is 7.63. The van der Waals surface area contributed by atoms with Gasteiger partial charge in [-0.15, -0.1) is 11.8 Å². The Hall–Kier alpha value is -3.80. The molecule has 3 aromatic carbocycles. The number of nitrogens with zero attached hydrogens (tertiary/aromatic N) is 4. The maximum atomic E-state index is 10.9. The second-order valence-corrected chi connectivity index (χ2v) is 11.5. The van der Waals surface area contributed by atoms with E-state index in [9.17, 15) is 10.2 Å². The van der Waals surface area contributed by atoms with Crippen LogP contribution in [-0.4, -0.2) is 68.3 Å². The van der Waals surface area contributed by atoms with Crippen molar-refractivity contribution in [3.8, 4) is 0 Å². The van der Waals surface area contributed by atoms with Gasteiger partial charge in [0.25, 0.3) is 0 Å². The summed E-state index contributed by atoms with van der Waals surface area (Å²) in [7, 11) is 1.53. The first-order valence-electron chi connectivity index (χ1n) is 14.3. The first kappa shape index (κ1) is 29.3. The van der Waals surface area contributed by atoms with Crippen molar-refractivity contribution in [1.82, 2.24) is 19.5 Å². The first-order valence-corrected chi connectivity index (χ1v) is 15.5. The molecule has 1 aliphatic heterocycles. The van der Waals surface area contributed by atoms with E-state index < -0.39 is 24.5 Å². The number of rotatable bonds is 12. The highest BCUT2D eigenvalue weighted by Crippen LogP contribution is 2.34. The summed E-state index contributed by atoms with van der Waals surface area (Å²) in [5.41, 5.74) is 4.70. The zero-order valence-corrected chi connectivity index (χ0v) is 24.7. The molecule has 0 bridgehead atoms. The molecule has 6 rings (SSSR count). The Balaban J connectivity index is 1.32. The maximum Gasteiger partial charge on any atom is 0.168 e. The van der Waals surface area contributed by atoms with Gasteiger partial charge in [0.1, 0.15) is 24.1 Å². The van der Waals surface area contributed by atoms with Crippen molar-refractivity contribution in [3.63, 3.8) is 0 Å². The lowest BCUT2D eigenvalue weighted by Crippen LogP contribution is -2.33. The standard InChI is InChI=1S/C33H35N5O4S/c1-41-18-26-29(39)30(40)33(42-26)38-21-35-28-31(36-27(37-32(28)38)20-43-19-22-11-5-2-6-12-22)34-17-25(23-13-7-3-8-14-23)24-15-9-4-10-16-24/h2-16,21,25-26,29-30,33,39-40H,17-20H2,1H3,(H,34,36,37)/t26?,29-,30-,33-/m1/s1. The Kier molecular flexibility index (Phi) is 9.30. The molecule has 0 spiro atoms. The molecule has 222 valence electrons. The van der Waals surface area contributed by atoms with Crippen LogP contribution in [0.15, 0.2) is 97.3 Å². The number of thioether (sulfide) groups is 1. The highest BCUT2D eigenvalue weighted by Gasteiger charge is 2.44. The van der Waals surface area contributed by atoms with Crippen LogP contribution in [0.4, 0.5) is 5.82 Å². The number of nitrogens with one attached hydrogen (secondary N) is 1. The number of benzene rings is 3. The average molecular weight is 598 g/mol. The van der Waals surface area contributed by atoms with Crippen LogP contribution in [0.1, 0.15) is 34.7 Å². The smallest absolute Gasteiger partial charge is 0.168 e. The van der Waals surface area contributed by atoms with Gasteiger partial charge in [-0.25, -0.2) is 15.0 Å². The van der Waals surface area contributed by atoms with Gasteiger partial charge >= 0.3 is 0 Å². The molecule has 43 heavy (non-hydrogen) atoms. The summed E-state index contributed by atoms with van der Waals surface area (Å²) in [4.78, 5) is 14.4. The number of hydrogen-bond acceptors (Lipinski definition) is 9. The number of fused-ring (bicyclic) bond motifs is 1. The van der Waals surface area contributed by atoms with E-state index in [2.05, 4.69) is 71.0 Å². The zero-order chi connectivity index (χ0) is 29.6. The SMILES string of the molecule is COCC1O[C@@H](n2cnc3c(NCC(c4ccccc4)c4ccccc4)nc(CSCc4ccccc4)nc32)[C@H](O)[C@@H]1O. The minimum Gasteiger partial charge on any atom is -0.387 e. The monoisotopic (exact) mass is 597 g/mol. The number of ether oxygens (including phenoxy) is 2. The van der Waals surface area contributed by atoms with Gasteiger partial charge in [0.15, 0.2) is 23.2 Å². The van der Waals surface area contributed by atoms with Crippen LogP contribution in [0, 0.1) is 0 Å². The van der Waals surface area contributed by atoms with Crippen LogP contribution in [0.3, 0.4) is 0 Å². The van der Waals surface area contributed by atoms with Crippen LogP contribution >= 0.6 is 11.8 Å². The predicted molar refractivity (Wildman–Crippen MR) is 168 cm³/mol. The van der Waals surface area contributed by atoms with Crippen LogP contribution in [0.25, 0.3) is 11.2 Å². The molecule has 4 atom stereocenters. The van der Waals surface area contributed by atoms with Crippen molar-refractivity contribution in [1.29, 1.82) is 0 Å². The molecule has 10 heteroatoms. The molecule has 0 aliphatic carbocycles. The molecule has 1 fully saturated rings. The first-order chi connectivity index (χ1) is 21.1. The molecule has 2 aromatic heterocycles. The van der Waals surface area contributed by atoms with E-state index in [1.807, 2.05) is 30.3 Å². The number of aliphatic hydroxyl groups excluding tert-OH is 2. The lowest BCUT2D eigenvalue weighted by molar-refractivity contribution is -0.0580. The van der Waals surface area contributed by atoms with Crippen LogP contribution < -0.4 is 5.32 Å². The number of imidazole rings is 1. The number of methoxy groups -OCH3 is 1. The highest BCUT2D eigenvalue weighted by molar-refractivity contribution is 7.97. The van der Waals surface area contributed by atoms with E-state index in [-0.39, 0.29) is 12.5 Å². The molecule has 1 aliphatic rings. The van der Waals surface area contributed by atoms with Crippen molar-refractivity contribution >= 4 is 28.7 Å². The molecule has 0 amide bonds. The summed E-state index contributed by atoms with van der Waals surface area (Å²) in [6.07, 6.45) is -2.21. The van der Waals surface area contributed by atoms with E-state index in [4.69, 9.17) is 19.4 Å². The van der Waals surface area contributed by atoms with E-state index in [0.29, 0.717) is 35.1 Å². The van der Waals surface area contributed by atoms with Gasteiger partial charge in [-0.2, -0.15) is 0 Å². The molecule has 1 unspecified atom stereocenters. The highest BCUT2D eigenvalue weighted by atomic mass is 32.2. The second kappa shape index (κ2) is 13.7. The number of anilines is 1. The lowest BCUT2D eigenvalue weighted by Gasteiger charge is -2.20. The molecule has 0 radical (unpaired) electrons. The fraction of sp³-hybridized carbons (Fsp3) is 0.303. The third kappa shape index (κ3) is 6.58. The zero-order valence-electron chi connectivity index (χ0n) is 23.9. The van der Waals surface area contributed by atoms with Crippen LogP contribution in [0.2, 0.25) is 0 Å². The summed E-state index contributed by atoms with van der Waals surface area (Å²) in [6, 6.07) is 31.1. The Morgan fingerprint density at radius 1 is 0.884 bits per heavy atom. The van der Waals surface area contributed by atoms with Gasteiger partial charge in [0, 0.05) is 25.3 Å². The number of aliphatic hydroxyl groups is 2. The fourth-order valence-corrected chi connectivity index (χ4v) is 6.27. The molecule has 3 N–H and O–H groups in total. The van der Waals surface area contributed by atoms with Gasteiger partial charge in [-0.05, 0) is 16.7 Å².